The Kier molecular flexibility index (Phi) is 4.63. The summed E-state index contributed by atoms with van der Waals surface area (Å²) in [5, 5.41) is 3.35. The van der Waals surface area contributed by atoms with E-state index in [-0.39, 0.29) is 0 Å². The zero-order valence-corrected chi connectivity index (χ0v) is 11.8. The molecule has 0 radical (unpaired) electrons. The van der Waals surface area contributed by atoms with Gasteiger partial charge in [-0.25, -0.2) is 0 Å². The maximum absolute atomic E-state index is 3.35. The van der Waals surface area contributed by atoms with Gasteiger partial charge < -0.3 is 5.32 Å². The van der Waals surface area contributed by atoms with Crippen molar-refractivity contribution in [2.24, 2.45) is 5.92 Å². The predicted molar refractivity (Wildman–Crippen MR) is 74.2 cm³/mol. The lowest BCUT2D eigenvalue weighted by Crippen LogP contribution is -2.40. The van der Waals surface area contributed by atoms with E-state index < -0.39 is 0 Å². The van der Waals surface area contributed by atoms with Gasteiger partial charge >= 0.3 is 0 Å². The minimum atomic E-state index is 0.785. The smallest absolute Gasteiger partial charge is 0.0196 e. The summed E-state index contributed by atoms with van der Waals surface area (Å²) in [5.74, 6) is 0.785. The van der Waals surface area contributed by atoms with Gasteiger partial charge in [0.05, 0.1) is 0 Å². The molecule has 0 atom stereocenters. The molecule has 2 nitrogen and oxygen atoms in total. The summed E-state index contributed by atoms with van der Waals surface area (Å²) >= 11 is 0. The van der Waals surface area contributed by atoms with Crippen LogP contribution in [0.25, 0.3) is 0 Å². The summed E-state index contributed by atoms with van der Waals surface area (Å²) in [5.41, 5.74) is 3.27. The molecule has 1 heterocycles. The van der Waals surface area contributed by atoms with E-state index in [1.165, 1.54) is 38.8 Å². The highest BCUT2D eigenvalue weighted by molar-refractivity contribution is 5.22. The number of nitrogens with zero attached hydrogens (tertiary/aromatic N) is 1. The fourth-order valence-corrected chi connectivity index (χ4v) is 3.05. The molecule has 98 valence electrons. The van der Waals surface area contributed by atoms with Gasteiger partial charge in [-0.15, -0.1) is 0 Å². The fourth-order valence-electron chi connectivity index (χ4n) is 3.05. The first-order valence-corrected chi connectivity index (χ1v) is 7.29. The van der Waals surface area contributed by atoms with Crippen molar-refractivity contribution in [1.82, 2.24) is 10.2 Å². The molecular weight excluding hydrogens is 208 g/mol. The van der Waals surface area contributed by atoms with Crippen molar-refractivity contribution in [2.75, 3.05) is 26.2 Å². The fraction of sp³-hybridized carbons (Fsp3) is 0.867. The Hall–Kier alpha value is -0.340. The van der Waals surface area contributed by atoms with Crippen LogP contribution in [-0.2, 0) is 0 Å². The van der Waals surface area contributed by atoms with E-state index in [4.69, 9.17) is 0 Å². The normalized spacial score (nSPS) is 21.4. The summed E-state index contributed by atoms with van der Waals surface area (Å²) < 4.78 is 0. The second kappa shape index (κ2) is 6.01. The zero-order chi connectivity index (χ0) is 12.3. The molecule has 0 bridgehead atoms. The monoisotopic (exact) mass is 236 g/mol. The molecule has 0 aromatic carbocycles. The van der Waals surface area contributed by atoms with Crippen molar-refractivity contribution in [3.63, 3.8) is 0 Å². The molecule has 1 saturated heterocycles. The van der Waals surface area contributed by atoms with Gasteiger partial charge in [-0.3, -0.25) is 4.90 Å². The van der Waals surface area contributed by atoms with Crippen LogP contribution in [0.3, 0.4) is 0 Å². The van der Waals surface area contributed by atoms with Gasteiger partial charge in [-0.1, -0.05) is 32.3 Å². The second-order valence-electron chi connectivity index (χ2n) is 6.25. The highest BCUT2D eigenvalue weighted by atomic mass is 15.2. The quantitative estimate of drug-likeness (QED) is 0.738. The van der Waals surface area contributed by atoms with Crippen molar-refractivity contribution >= 4 is 0 Å². The van der Waals surface area contributed by atoms with E-state index in [9.17, 15) is 0 Å². The van der Waals surface area contributed by atoms with Crippen LogP contribution in [0.4, 0.5) is 0 Å². The lowest BCUT2D eigenvalue weighted by Gasteiger charge is -2.32. The lowest BCUT2D eigenvalue weighted by atomic mass is 10.0. The van der Waals surface area contributed by atoms with Gasteiger partial charge in [0.1, 0.15) is 0 Å². The van der Waals surface area contributed by atoms with Gasteiger partial charge in [-0.05, 0) is 31.3 Å². The Morgan fingerprint density at radius 2 is 1.94 bits per heavy atom. The van der Waals surface area contributed by atoms with Gasteiger partial charge in [-0.2, -0.15) is 0 Å². The summed E-state index contributed by atoms with van der Waals surface area (Å²) in [6.45, 7) is 11.8. The molecule has 2 aliphatic rings. The SMILES string of the molecule is CC(CN(CC(C)C)C1CCCC1)=C1CNC1. The standard InChI is InChI=1S/C15H28N2/c1-12(2)10-17(15-6-4-5-7-15)11-13(3)14-8-16-9-14/h12,15-16H,4-11H2,1-3H3. The Morgan fingerprint density at radius 1 is 1.29 bits per heavy atom. The first-order chi connectivity index (χ1) is 8.16. The third-order valence-electron chi connectivity index (χ3n) is 4.16. The summed E-state index contributed by atoms with van der Waals surface area (Å²) in [4.78, 5) is 2.75. The number of rotatable bonds is 5. The van der Waals surface area contributed by atoms with Crippen LogP contribution in [0, 0.1) is 5.92 Å². The largest absolute Gasteiger partial charge is 0.309 e. The topological polar surface area (TPSA) is 15.3 Å². The van der Waals surface area contributed by atoms with Crippen LogP contribution >= 0.6 is 0 Å². The number of hydrogen-bond donors (Lipinski definition) is 1. The maximum atomic E-state index is 3.35. The first-order valence-electron chi connectivity index (χ1n) is 7.29. The van der Waals surface area contributed by atoms with Crippen molar-refractivity contribution in [2.45, 2.75) is 52.5 Å². The molecule has 17 heavy (non-hydrogen) atoms. The summed E-state index contributed by atoms with van der Waals surface area (Å²) in [6, 6.07) is 0.862. The van der Waals surface area contributed by atoms with E-state index in [2.05, 4.69) is 31.0 Å². The predicted octanol–water partition coefficient (Wildman–Crippen LogP) is 2.81. The molecular formula is C15H28N2. The second-order valence-corrected chi connectivity index (χ2v) is 6.25. The Bertz CT molecular complexity index is 269. The van der Waals surface area contributed by atoms with E-state index >= 15 is 0 Å². The average Bonchev–Trinajstić information content (AvgIpc) is 2.65. The van der Waals surface area contributed by atoms with Crippen molar-refractivity contribution in [3.05, 3.63) is 11.1 Å². The lowest BCUT2D eigenvalue weighted by molar-refractivity contribution is 0.191. The highest BCUT2D eigenvalue weighted by Crippen LogP contribution is 2.25. The molecule has 0 amide bonds. The van der Waals surface area contributed by atoms with Crippen LogP contribution in [0.1, 0.15) is 46.5 Å². The Labute approximate surface area is 106 Å². The molecule has 0 unspecified atom stereocenters. The van der Waals surface area contributed by atoms with E-state index in [1.54, 1.807) is 11.1 Å². The summed E-state index contributed by atoms with van der Waals surface area (Å²) in [6.07, 6.45) is 5.73. The third kappa shape index (κ3) is 3.56. The maximum Gasteiger partial charge on any atom is 0.0196 e. The molecule has 2 heteroatoms. The molecule has 1 aliphatic carbocycles. The minimum absolute atomic E-state index is 0.785. The molecule has 0 spiro atoms. The van der Waals surface area contributed by atoms with Gasteiger partial charge in [0, 0.05) is 32.2 Å². The first kappa shape index (κ1) is 13.1. The van der Waals surface area contributed by atoms with Crippen molar-refractivity contribution < 1.29 is 0 Å². The van der Waals surface area contributed by atoms with Crippen LogP contribution in [0.15, 0.2) is 11.1 Å². The van der Waals surface area contributed by atoms with E-state index in [1.807, 2.05) is 0 Å². The van der Waals surface area contributed by atoms with Crippen molar-refractivity contribution in [1.29, 1.82) is 0 Å². The molecule has 1 saturated carbocycles. The Morgan fingerprint density at radius 3 is 2.41 bits per heavy atom. The van der Waals surface area contributed by atoms with E-state index in [0.29, 0.717) is 0 Å². The Balaban J connectivity index is 1.94. The minimum Gasteiger partial charge on any atom is -0.309 e. The van der Waals surface area contributed by atoms with Crippen LogP contribution in [0.5, 0.6) is 0 Å². The third-order valence-corrected chi connectivity index (χ3v) is 4.16. The molecule has 1 N–H and O–H groups in total. The molecule has 0 aromatic rings. The number of hydrogen-bond acceptors (Lipinski definition) is 2. The van der Waals surface area contributed by atoms with Crippen molar-refractivity contribution in [3.8, 4) is 0 Å². The molecule has 2 fully saturated rings. The van der Waals surface area contributed by atoms with Gasteiger partial charge in [0.15, 0.2) is 0 Å². The molecule has 2 rings (SSSR count). The average molecular weight is 236 g/mol. The van der Waals surface area contributed by atoms with E-state index in [0.717, 1.165) is 25.0 Å². The van der Waals surface area contributed by atoms with Crippen LogP contribution in [-0.4, -0.2) is 37.1 Å². The van der Waals surface area contributed by atoms with Crippen LogP contribution in [0.2, 0.25) is 0 Å². The summed E-state index contributed by atoms with van der Waals surface area (Å²) in [7, 11) is 0. The molecule has 0 aromatic heterocycles. The molecule has 1 aliphatic heterocycles. The zero-order valence-electron chi connectivity index (χ0n) is 11.8. The van der Waals surface area contributed by atoms with Crippen LogP contribution < -0.4 is 5.32 Å². The van der Waals surface area contributed by atoms with Gasteiger partial charge in [0.2, 0.25) is 0 Å². The van der Waals surface area contributed by atoms with Gasteiger partial charge in [0.25, 0.3) is 0 Å². The number of nitrogens with one attached hydrogen (secondary N) is 1. The highest BCUT2D eigenvalue weighted by Gasteiger charge is 2.24.